The second-order valence-corrected chi connectivity index (χ2v) is 5.88. The molecule has 0 bridgehead atoms. The molecule has 18 heavy (non-hydrogen) atoms. The second kappa shape index (κ2) is 5.97. The summed E-state index contributed by atoms with van der Waals surface area (Å²) in [4.78, 5) is 8.98. The molecule has 2 nitrogen and oxygen atoms in total. The van der Waals surface area contributed by atoms with Crippen LogP contribution < -0.4 is 0 Å². The van der Waals surface area contributed by atoms with Crippen molar-refractivity contribution in [1.29, 1.82) is 0 Å². The minimum Gasteiger partial charge on any atom is -0.236 e. The summed E-state index contributed by atoms with van der Waals surface area (Å²) in [5, 5.41) is 0.556. The van der Waals surface area contributed by atoms with E-state index in [0.29, 0.717) is 11.1 Å². The van der Waals surface area contributed by atoms with Gasteiger partial charge in [-0.2, -0.15) is 0 Å². The quantitative estimate of drug-likeness (QED) is 0.588. The fourth-order valence-corrected chi connectivity index (χ4v) is 2.78. The molecule has 0 aliphatic heterocycles. The smallest absolute Gasteiger partial charge is 0.146 e. The van der Waals surface area contributed by atoms with Crippen molar-refractivity contribution in [3.05, 3.63) is 56.1 Å². The number of hydrogen-bond donors (Lipinski definition) is 0. The molecule has 0 N–H and O–H groups in total. The van der Waals surface area contributed by atoms with Gasteiger partial charge in [0.1, 0.15) is 11.0 Å². The van der Waals surface area contributed by atoms with Crippen LogP contribution in [0.5, 0.6) is 0 Å². The molecule has 0 radical (unpaired) electrons. The van der Waals surface area contributed by atoms with Gasteiger partial charge < -0.3 is 0 Å². The Morgan fingerprint density at radius 3 is 2.44 bits per heavy atom. The van der Waals surface area contributed by atoms with Crippen molar-refractivity contribution in [2.24, 2.45) is 0 Å². The fraction of sp³-hybridized carbons (Fsp3) is 0.286. The number of nitrogens with zero attached hydrogens (tertiary/aromatic N) is 2. The number of halogens is 2. The zero-order valence-corrected chi connectivity index (χ0v) is 13.2. The first-order valence-corrected chi connectivity index (χ1v) is 7.29. The van der Waals surface area contributed by atoms with E-state index in [1.54, 1.807) is 0 Å². The summed E-state index contributed by atoms with van der Waals surface area (Å²) in [6.45, 7) is 4.24. The van der Waals surface area contributed by atoms with E-state index in [-0.39, 0.29) is 0 Å². The predicted octanol–water partition coefficient (Wildman–Crippen LogP) is 4.45. The molecule has 2 aromatic rings. The average Bonchev–Trinajstić information content (AvgIpc) is 2.34. The van der Waals surface area contributed by atoms with E-state index in [4.69, 9.17) is 11.6 Å². The SMILES string of the molecule is CC(C)c1nc(Cc2ccccc2)nc(Cl)c1I. The minimum atomic E-state index is 0.354. The van der Waals surface area contributed by atoms with Crippen molar-refractivity contribution in [2.75, 3.05) is 0 Å². The highest BCUT2D eigenvalue weighted by Crippen LogP contribution is 2.25. The van der Waals surface area contributed by atoms with Crippen LogP contribution in [0, 0.1) is 3.57 Å². The van der Waals surface area contributed by atoms with E-state index < -0.39 is 0 Å². The molecule has 0 aliphatic rings. The molecule has 0 aliphatic carbocycles. The first-order chi connectivity index (χ1) is 8.58. The van der Waals surface area contributed by atoms with Gasteiger partial charge in [-0.15, -0.1) is 0 Å². The van der Waals surface area contributed by atoms with Gasteiger partial charge in [-0.25, -0.2) is 9.97 Å². The van der Waals surface area contributed by atoms with Crippen LogP contribution >= 0.6 is 34.2 Å². The molecule has 0 amide bonds. The number of aromatic nitrogens is 2. The monoisotopic (exact) mass is 372 g/mol. The third-order valence-electron chi connectivity index (χ3n) is 2.63. The predicted molar refractivity (Wildman–Crippen MR) is 83.1 cm³/mol. The first-order valence-electron chi connectivity index (χ1n) is 5.83. The van der Waals surface area contributed by atoms with E-state index in [9.17, 15) is 0 Å². The number of benzene rings is 1. The van der Waals surface area contributed by atoms with Gasteiger partial charge in [0.15, 0.2) is 0 Å². The molecule has 1 aromatic carbocycles. The van der Waals surface area contributed by atoms with Crippen molar-refractivity contribution in [2.45, 2.75) is 26.2 Å². The van der Waals surface area contributed by atoms with E-state index in [0.717, 1.165) is 21.5 Å². The minimum absolute atomic E-state index is 0.354. The maximum absolute atomic E-state index is 6.17. The third kappa shape index (κ3) is 3.20. The van der Waals surface area contributed by atoms with Crippen LogP contribution in [0.4, 0.5) is 0 Å². The summed E-state index contributed by atoms with van der Waals surface area (Å²) in [6, 6.07) is 10.2. The van der Waals surface area contributed by atoms with Gasteiger partial charge in [0.05, 0.1) is 9.26 Å². The van der Waals surface area contributed by atoms with Crippen molar-refractivity contribution in [3.63, 3.8) is 0 Å². The molecule has 0 saturated heterocycles. The molecule has 1 heterocycles. The Morgan fingerprint density at radius 2 is 1.83 bits per heavy atom. The Labute approximate surface area is 126 Å². The maximum atomic E-state index is 6.17. The van der Waals surface area contributed by atoms with Gasteiger partial charge in [0.2, 0.25) is 0 Å². The third-order valence-corrected chi connectivity index (χ3v) is 4.29. The lowest BCUT2D eigenvalue weighted by Gasteiger charge is -2.10. The van der Waals surface area contributed by atoms with Crippen LogP contribution in [0.2, 0.25) is 5.15 Å². The normalized spacial score (nSPS) is 10.9. The van der Waals surface area contributed by atoms with Crippen molar-refractivity contribution < 1.29 is 0 Å². The molecule has 0 spiro atoms. The van der Waals surface area contributed by atoms with E-state index in [1.807, 2.05) is 18.2 Å². The highest BCUT2D eigenvalue weighted by atomic mass is 127. The van der Waals surface area contributed by atoms with Gasteiger partial charge in [0.25, 0.3) is 0 Å². The van der Waals surface area contributed by atoms with Gasteiger partial charge in [-0.05, 0) is 34.1 Å². The molecule has 94 valence electrons. The fourth-order valence-electron chi connectivity index (χ4n) is 1.72. The van der Waals surface area contributed by atoms with Crippen LogP contribution in [0.1, 0.15) is 36.8 Å². The summed E-state index contributed by atoms with van der Waals surface area (Å²) in [7, 11) is 0. The average molecular weight is 373 g/mol. The Balaban J connectivity index is 2.35. The summed E-state index contributed by atoms with van der Waals surface area (Å²) in [5.74, 6) is 1.14. The Bertz CT molecular complexity index is 541. The molecule has 0 saturated carbocycles. The van der Waals surface area contributed by atoms with Crippen molar-refractivity contribution >= 4 is 34.2 Å². The zero-order chi connectivity index (χ0) is 13.1. The Morgan fingerprint density at radius 1 is 1.17 bits per heavy atom. The van der Waals surface area contributed by atoms with Crippen LogP contribution in [0.25, 0.3) is 0 Å². The summed E-state index contributed by atoms with van der Waals surface area (Å²) < 4.78 is 0.959. The molecule has 4 heteroatoms. The first kappa shape index (κ1) is 13.7. The Hall–Kier alpha value is -0.680. The van der Waals surface area contributed by atoms with E-state index in [1.165, 1.54) is 5.56 Å². The zero-order valence-electron chi connectivity index (χ0n) is 10.3. The lowest BCUT2D eigenvalue weighted by Crippen LogP contribution is -2.05. The van der Waals surface area contributed by atoms with Crippen LogP contribution in [0.15, 0.2) is 30.3 Å². The number of rotatable bonds is 3. The lowest BCUT2D eigenvalue weighted by atomic mass is 10.1. The van der Waals surface area contributed by atoms with Crippen LogP contribution in [-0.4, -0.2) is 9.97 Å². The van der Waals surface area contributed by atoms with E-state index >= 15 is 0 Å². The molecule has 0 fully saturated rings. The van der Waals surface area contributed by atoms with Crippen molar-refractivity contribution in [1.82, 2.24) is 9.97 Å². The maximum Gasteiger partial charge on any atom is 0.146 e. The van der Waals surface area contributed by atoms with Crippen LogP contribution in [0.3, 0.4) is 0 Å². The molecule has 0 unspecified atom stereocenters. The highest BCUT2D eigenvalue weighted by Gasteiger charge is 2.13. The molecule has 2 rings (SSSR count). The van der Waals surface area contributed by atoms with Crippen LogP contribution in [-0.2, 0) is 6.42 Å². The van der Waals surface area contributed by atoms with Gasteiger partial charge in [0, 0.05) is 6.42 Å². The topological polar surface area (TPSA) is 25.8 Å². The standard InChI is InChI=1S/C14H14ClIN2/c1-9(2)13-12(16)14(15)18-11(17-13)8-10-6-4-3-5-7-10/h3-7,9H,8H2,1-2H3. The molecular weight excluding hydrogens is 359 g/mol. The van der Waals surface area contributed by atoms with Crippen molar-refractivity contribution in [3.8, 4) is 0 Å². The van der Waals surface area contributed by atoms with Gasteiger partial charge >= 0.3 is 0 Å². The molecular formula is C14H14ClIN2. The van der Waals surface area contributed by atoms with Gasteiger partial charge in [-0.1, -0.05) is 55.8 Å². The lowest BCUT2D eigenvalue weighted by molar-refractivity contribution is 0.783. The van der Waals surface area contributed by atoms with Gasteiger partial charge in [-0.3, -0.25) is 0 Å². The summed E-state index contributed by atoms with van der Waals surface area (Å²) in [5.41, 5.74) is 2.23. The summed E-state index contributed by atoms with van der Waals surface area (Å²) in [6.07, 6.45) is 0.719. The molecule has 1 aromatic heterocycles. The highest BCUT2D eigenvalue weighted by molar-refractivity contribution is 14.1. The Kier molecular flexibility index (Phi) is 4.56. The largest absolute Gasteiger partial charge is 0.236 e. The second-order valence-electron chi connectivity index (χ2n) is 4.45. The van der Waals surface area contributed by atoms with E-state index in [2.05, 4.69) is 58.5 Å². The summed E-state index contributed by atoms with van der Waals surface area (Å²) >= 11 is 8.38. The number of hydrogen-bond acceptors (Lipinski definition) is 2. The molecule has 0 atom stereocenters.